The molecule has 1 N–H and O–H groups in total. The van der Waals surface area contributed by atoms with Crippen molar-refractivity contribution >= 4 is 28.6 Å². The van der Waals surface area contributed by atoms with E-state index in [1.165, 1.54) is 6.92 Å². The van der Waals surface area contributed by atoms with Gasteiger partial charge in [0.05, 0.1) is 28.8 Å². The normalized spacial score (nSPS) is 10.5. The Morgan fingerprint density at radius 1 is 1.00 bits per heavy atom. The zero-order chi connectivity index (χ0) is 18.5. The van der Waals surface area contributed by atoms with Crippen molar-refractivity contribution in [3.8, 4) is 0 Å². The first-order valence-corrected chi connectivity index (χ1v) is 8.25. The van der Waals surface area contributed by atoms with E-state index in [0.717, 1.165) is 22.3 Å². The van der Waals surface area contributed by atoms with E-state index >= 15 is 0 Å². The smallest absolute Gasteiger partial charge is 0.310 e. The van der Waals surface area contributed by atoms with Crippen molar-refractivity contribution in [2.45, 2.75) is 26.9 Å². The van der Waals surface area contributed by atoms with Gasteiger partial charge in [-0.05, 0) is 36.8 Å². The van der Waals surface area contributed by atoms with Crippen LogP contribution in [-0.4, -0.2) is 21.8 Å². The average molecular weight is 349 g/mol. The van der Waals surface area contributed by atoms with Crippen molar-refractivity contribution in [1.29, 1.82) is 0 Å². The molecule has 0 atom stereocenters. The van der Waals surface area contributed by atoms with Gasteiger partial charge in [0.25, 0.3) is 0 Å². The molecule has 0 saturated carbocycles. The molecule has 6 nitrogen and oxygen atoms in total. The van der Waals surface area contributed by atoms with Crippen molar-refractivity contribution in [2.24, 2.45) is 0 Å². The lowest BCUT2D eigenvalue weighted by Crippen LogP contribution is -2.10. The molecule has 1 aromatic heterocycles. The predicted molar refractivity (Wildman–Crippen MR) is 98.5 cm³/mol. The van der Waals surface area contributed by atoms with Crippen LogP contribution >= 0.6 is 0 Å². The highest BCUT2D eigenvalue weighted by Gasteiger charge is 2.10. The molecule has 0 radical (unpaired) electrons. The van der Waals surface area contributed by atoms with E-state index < -0.39 is 0 Å². The van der Waals surface area contributed by atoms with Crippen molar-refractivity contribution in [2.75, 3.05) is 5.32 Å². The predicted octanol–water partition coefficient (Wildman–Crippen LogP) is 3.18. The fraction of sp³-hybridized carbons (Fsp3) is 0.200. The van der Waals surface area contributed by atoms with Crippen molar-refractivity contribution in [3.63, 3.8) is 0 Å². The molecule has 0 bridgehead atoms. The minimum absolute atomic E-state index is 0.0898. The molecule has 0 aliphatic carbocycles. The summed E-state index contributed by atoms with van der Waals surface area (Å²) in [5.74, 6) is -0.476. The van der Waals surface area contributed by atoms with Crippen LogP contribution in [0.5, 0.6) is 0 Å². The van der Waals surface area contributed by atoms with Crippen LogP contribution in [0.1, 0.15) is 23.9 Å². The van der Waals surface area contributed by atoms with Gasteiger partial charge in [0, 0.05) is 12.6 Å². The van der Waals surface area contributed by atoms with E-state index in [9.17, 15) is 9.59 Å². The number of hydrogen-bond donors (Lipinski definition) is 1. The molecule has 0 saturated heterocycles. The van der Waals surface area contributed by atoms with Gasteiger partial charge in [-0.15, -0.1) is 0 Å². The van der Waals surface area contributed by atoms with Gasteiger partial charge < -0.3 is 10.1 Å². The number of ether oxygens (including phenoxy) is 1. The molecule has 1 heterocycles. The number of benzene rings is 2. The maximum Gasteiger partial charge on any atom is 0.310 e. The summed E-state index contributed by atoms with van der Waals surface area (Å²) in [5.41, 5.74) is 4.49. The van der Waals surface area contributed by atoms with E-state index in [-0.39, 0.29) is 24.9 Å². The zero-order valence-electron chi connectivity index (χ0n) is 14.7. The topological polar surface area (TPSA) is 81.2 Å². The van der Waals surface area contributed by atoms with Gasteiger partial charge in [0.2, 0.25) is 5.91 Å². The summed E-state index contributed by atoms with van der Waals surface area (Å²) in [6.45, 7) is 3.39. The van der Waals surface area contributed by atoms with Crippen LogP contribution < -0.4 is 5.32 Å². The minimum atomic E-state index is -0.341. The maximum atomic E-state index is 12.1. The Bertz CT molecular complexity index is 952. The Morgan fingerprint density at radius 2 is 1.65 bits per heavy atom. The molecular formula is C20H19N3O3. The number of amides is 1. The summed E-state index contributed by atoms with van der Waals surface area (Å²) in [6, 6.07) is 14.7. The first kappa shape index (κ1) is 17.5. The summed E-state index contributed by atoms with van der Waals surface area (Å²) in [7, 11) is 0. The summed E-state index contributed by atoms with van der Waals surface area (Å²) < 4.78 is 5.35. The molecule has 0 spiro atoms. The number of nitrogens with zero attached hydrogens (tertiary/aromatic N) is 2. The van der Waals surface area contributed by atoms with Crippen LogP contribution in [-0.2, 0) is 27.4 Å². The molecule has 6 heteroatoms. The first-order chi connectivity index (χ1) is 12.5. The lowest BCUT2D eigenvalue weighted by molar-refractivity contribution is -0.144. The largest absolute Gasteiger partial charge is 0.459 e. The molecule has 0 aliphatic rings. The number of para-hydroxylation sites is 2. The second-order valence-electron chi connectivity index (χ2n) is 5.96. The van der Waals surface area contributed by atoms with Crippen molar-refractivity contribution < 1.29 is 14.3 Å². The minimum Gasteiger partial charge on any atom is -0.459 e. The number of nitrogens with one attached hydrogen (secondary N) is 1. The molecule has 1 amide bonds. The van der Waals surface area contributed by atoms with Crippen LogP contribution in [0.3, 0.4) is 0 Å². The number of fused-ring (bicyclic) bond motifs is 1. The summed E-state index contributed by atoms with van der Waals surface area (Å²) in [4.78, 5) is 32.1. The highest BCUT2D eigenvalue weighted by Crippen LogP contribution is 2.14. The number of aryl methyl sites for hydroxylation is 1. The standard InChI is InChI=1S/C20H19N3O3/c1-13-19(23-18-6-4-3-5-17(18)21-13)12-26-20(25)11-15-7-9-16(10-8-15)22-14(2)24/h3-10H,11-12H2,1-2H3,(H,22,24). The lowest BCUT2D eigenvalue weighted by atomic mass is 10.1. The van der Waals surface area contributed by atoms with Gasteiger partial charge in [-0.1, -0.05) is 24.3 Å². The van der Waals surface area contributed by atoms with E-state index in [4.69, 9.17) is 4.74 Å². The fourth-order valence-electron chi connectivity index (χ4n) is 2.54. The van der Waals surface area contributed by atoms with Gasteiger partial charge >= 0.3 is 5.97 Å². The Hall–Kier alpha value is -3.28. The van der Waals surface area contributed by atoms with Crippen LogP contribution in [0.15, 0.2) is 48.5 Å². The van der Waals surface area contributed by atoms with Gasteiger partial charge in [-0.3, -0.25) is 9.59 Å². The van der Waals surface area contributed by atoms with E-state index in [2.05, 4.69) is 15.3 Å². The second-order valence-corrected chi connectivity index (χ2v) is 5.96. The number of carbonyl (C=O) groups excluding carboxylic acids is 2. The quantitative estimate of drug-likeness (QED) is 0.716. The van der Waals surface area contributed by atoms with E-state index in [1.54, 1.807) is 24.3 Å². The van der Waals surface area contributed by atoms with Gasteiger partial charge in [-0.25, -0.2) is 9.97 Å². The molecule has 2 aromatic carbocycles. The average Bonchev–Trinajstić information content (AvgIpc) is 2.61. The molecule has 0 fully saturated rings. The molecule has 0 aliphatic heterocycles. The Kier molecular flexibility index (Phi) is 5.22. The molecule has 0 unspecified atom stereocenters. The van der Waals surface area contributed by atoms with Crippen LogP contribution in [0.25, 0.3) is 11.0 Å². The van der Waals surface area contributed by atoms with Gasteiger partial charge in [0.15, 0.2) is 0 Å². The van der Waals surface area contributed by atoms with Crippen LogP contribution in [0, 0.1) is 6.92 Å². The van der Waals surface area contributed by atoms with Gasteiger partial charge in [0.1, 0.15) is 6.61 Å². The Morgan fingerprint density at radius 3 is 2.31 bits per heavy atom. The zero-order valence-corrected chi connectivity index (χ0v) is 14.7. The highest BCUT2D eigenvalue weighted by atomic mass is 16.5. The molecule has 3 aromatic rings. The number of aromatic nitrogens is 2. The van der Waals surface area contributed by atoms with Crippen LogP contribution in [0.4, 0.5) is 5.69 Å². The third-order valence-corrected chi connectivity index (χ3v) is 3.84. The second kappa shape index (κ2) is 7.74. The van der Waals surface area contributed by atoms with Crippen molar-refractivity contribution in [3.05, 3.63) is 65.5 Å². The first-order valence-electron chi connectivity index (χ1n) is 8.25. The number of rotatable bonds is 5. The van der Waals surface area contributed by atoms with E-state index in [1.807, 2.05) is 31.2 Å². The summed E-state index contributed by atoms with van der Waals surface area (Å²) >= 11 is 0. The molecule has 3 rings (SSSR count). The molecule has 26 heavy (non-hydrogen) atoms. The maximum absolute atomic E-state index is 12.1. The number of anilines is 1. The molecular weight excluding hydrogens is 330 g/mol. The van der Waals surface area contributed by atoms with Crippen LogP contribution in [0.2, 0.25) is 0 Å². The summed E-state index contributed by atoms with van der Waals surface area (Å²) in [5, 5.41) is 2.68. The lowest BCUT2D eigenvalue weighted by Gasteiger charge is -2.08. The molecule has 132 valence electrons. The highest BCUT2D eigenvalue weighted by molar-refractivity contribution is 5.88. The Labute approximate surface area is 151 Å². The van der Waals surface area contributed by atoms with Gasteiger partial charge in [-0.2, -0.15) is 0 Å². The SMILES string of the molecule is CC(=O)Nc1ccc(CC(=O)OCc2nc3ccccc3nc2C)cc1. The van der Waals surface area contributed by atoms with Crippen molar-refractivity contribution in [1.82, 2.24) is 9.97 Å². The number of hydrogen-bond acceptors (Lipinski definition) is 5. The summed E-state index contributed by atoms with van der Waals surface area (Å²) in [6.07, 6.45) is 0.153. The number of carbonyl (C=O) groups is 2. The fourth-order valence-corrected chi connectivity index (χ4v) is 2.54. The third-order valence-electron chi connectivity index (χ3n) is 3.84. The third kappa shape index (κ3) is 4.42. The Balaban J connectivity index is 1.60. The number of esters is 1. The van der Waals surface area contributed by atoms with E-state index in [0.29, 0.717) is 11.4 Å². The monoisotopic (exact) mass is 349 g/mol.